The Bertz CT molecular complexity index is 84.5. The Balaban J connectivity index is 3.15. The summed E-state index contributed by atoms with van der Waals surface area (Å²) in [5, 5.41) is 8.61. The highest BCUT2D eigenvalue weighted by molar-refractivity contribution is 5.64. The summed E-state index contributed by atoms with van der Waals surface area (Å²) in [6, 6.07) is 0. The van der Waals surface area contributed by atoms with Gasteiger partial charge in [-0.25, -0.2) is 0 Å². The topological polar surface area (TPSA) is 37.3 Å². The number of aliphatic hydroxyl groups is 1. The Morgan fingerprint density at radius 1 is 1.75 bits per heavy atom. The van der Waals surface area contributed by atoms with Crippen LogP contribution >= 0.6 is 0 Å². The molecule has 0 spiro atoms. The molecule has 2 nitrogen and oxygen atoms in total. The Kier molecular flexibility index (Phi) is 4.17. The van der Waals surface area contributed by atoms with Crippen LogP contribution in [0.5, 0.6) is 0 Å². The van der Waals surface area contributed by atoms with Gasteiger partial charge in [0.2, 0.25) is 0 Å². The van der Waals surface area contributed by atoms with Crippen molar-refractivity contribution in [2.45, 2.75) is 19.4 Å². The number of rotatable bonds is 3. The van der Waals surface area contributed by atoms with Crippen molar-refractivity contribution in [2.24, 2.45) is 0 Å². The van der Waals surface area contributed by atoms with Crippen LogP contribution in [0.25, 0.3) is 0 Å². The molecule has 46 valence electrons. The molecule has 1 N–H and O–H groups in total. The van der Waals surface area contributed by atoms with Gasteiger partial charge in [0.15, 0.2) is 0 Å². The number of allylic oxidation sites excluding steroid dienone is 1. The molecule has 0 aromatic carbocycles. The maximum atomic E-state index is 9.62. The Morgan fingerprint density at radius 3 is 2.75 bits per heavy atom. The van der Waals surface area contributed by atoms with E-state index in [1.807, 2.05) is 0 Å². The van der Waals surface area contributed by atoms with Crippen molar-refractivity contribution in [3.8, 4) is 0 Å². The monoisotopic (exact) mass is 114 g/mol. The van der Waals surface area contributed by atoms with Gasteiger partial charge in [0.05, 0.1) is 6.10 Å². The third kappa shape index (κ3) is 5.37. The fourth-order valence-corrected chi connectivity index (χ4v) is 0.331. The second kappa shape index (κ2) is 4.53. The van der Waals surface area contributed by atoms with Gasteiger partial charge in [0.1, 0.15) is 6.29 Å². The largest absolute Gasteiger partial charge is 0.393 e. The van der Waals surface area contributed by atoms with Crippen molar-refractivity contribution < 1.29 is 9.90 Å². The average molecular weight is 114 g/mol. The molecule has 2 heteroatoms. The first-order chi connectivity index (χ1) is 3.77. The van der Waals surface area contributed by atoms with E-state index in [4.69, 9.17) is 5.11 Å². The normalized spacial score (nSPS) is 14.2. The van der Waals surface area contributed by atoms with Crippen molar-refractivity contribution in [1.82, 2.24) is 0 Å². The van der Waals surface area contributed by atoms with Gasteiger partial charge in [-0.2, -0.15) is 0 Å². The van der Waals surface area contributed by atoms with Gasteiger partial charge in [0.25, 0.3) is 0 Å². The van der Waals surface area contributed by atoms with E-state index in [0.717, 1.165) is 0 Å². The zero-order valence-electron chi connectivity index (χ0n) is 4.87. The molecule has 0 rings (SSSR count). The summed E-state index contributed by atoms with van der Waals surface area (Å²) in [4.78, 5) is 9.62. The molecule has 0 aromatic rings. The van der Waals surface area contributed by atoms with Crippen molar-refractivity contribution in [3.05, 3.63) is 12.2 Å². The quantitative estimate of drug-likeness (QED) is 0.429. The second-order valence-electron chi connectivity index (χ2n) is 1.65. The van der Waals surface area contributed by atoms with E-state index in [1.165, 1.54) is 6.08 Å². The lowest BCUT2D eigenvalue weighted by Gasteiger charge is -1.93. The highest BCUT2D eigenvalue weighted by atomic mass is 16.3. The Hall–Kier alpha value is -0.630. The summed E-state index contributed by atoms with van der Waals surface area (Å²) >= 11 is 0. The highest BCUT2D eigenvalue weighted by Gasteiger charge is 1.86. The summed E-state index contributed by atoms with van der Waals surface area (Å²) in [6.07, 6.45) is 3.93. The molecule has 0 unspecified atom stereocenters. The molecule has 0 aliphatic rings. The predicted molar refractivity (Wildman–Crippen MR) is 31.5 cm³/mol. The molecule has 0 radical (unpaired) electrons. The van der Waals surface area contributed by atoms with Gasteiger partial charge in [0, 0.05) is 0 Å². The molecule has 0 fully saturated rings. The summed E-state index contributed by atoms with van der Waals surface area (Å²) in [5.41, 5.74) is 0. The lowest BCUT2D eigenvalue weighted by molar-refractivity contribution is -0.104. The van der Waals surface area contributed by atoms with Crippen LogP contribution in [-0.4, -0.2) is 17.5 Å². The van der Waals surface area contributed by atoms with Gasteiger partial charge in [-0.05, 0) is 19.4 Å². The third-order valence-electron chi connectivity index (χ3n) is 0.692. The van der Waals surface area contributed by atoms with E-state index in [-0.39, 0.29) is 6.10 Å². The van der Waals surface area contributed by atoms with Crippen molar-refractivity contribution in [1.29, 1.82) is 0 Å². The molecular weight excluding hydrogens is 104 g/mol. The first-order valence-corrected chi connectivity index (χ1v) is 2.55. The molecule has 1 atom stereocenters. The third-order valence-corrected chi connectivity index (χ3v) is 0.692. The fraction of sp³-hybridized carbons (Fsp3) is 0.500. The first-order valence-electron chi connectivity index (χ1n) is 2.55. The number of hydrogen-bond acceptors (Lipinski definition) is 2. The van der Waals surface area contributed by atoms with Gasteiger partial charge in [-0.1, -0.05) is 6.08 Å². The molecule has 8 heavy (non-hydrogen) atoms. The predicted octanol–water partition coefficient (Wildman–Crippen LogP) is 0.512. The molecule has 0 aliphatic carbocycles. The molecule has 0 heterocycles. The molecule has 0 saturated heterocycles. The lowest BCUT2D eigenvalue weighted by atomic mass is 10.3. The summed E-state index contributed by atoms with van der Waals surface area (Å²) in [6.45, 7) is 1.68. The van der Waals surface area contributed by atoms with E-state index in [9.17, 15) is 4.79 Å². The molecular formula is C6H10O2. The second-order valence-corrected chi connectivity index (χ2v) is 1.65. The van der Waals surface area contributed by atoms with Crippen LogP contribution in [0.2, 0.25) is 0 Å². The number of carbonyl (C=O) groups excluding carboxylic acids is 1. The fourth-order valence-electron chi connectivity index (χ4n) is 0.331. The summed E-state index contributed by atoms with van der Waals surface area (Å²) in [7, 11) is 0. The summed E-state index contributed by atoms with van der Waals surface area (Å²) in [5.74, 6) is 0. The summed E-state index contributed by atoms with van der Waals surface area (Å²) < 4.78 is 0. The lowest BCUT2D eigenvalue weighted by Crippen LogP contribution is -1.95. The van der Waals surface area contributed by atoms with Crippen molar-refractivity contribution in [3.63, 3.8) is 0 Å². The molecule has 0 saturated carbocycles. The highest BCUT2D eigenvalue weighted by Crippen LogP contribution is 1.88. The van der Waals surface area contributed by atoms with Crippen LogP contribution in [0.15, 0.2) is 12.2 Å². The minimum Gasteiger partial charge on any atom is -0.393 e. The van der Waals surface area contributed by atoms with Crippen LogP contribution in [0.1, 0.15) is 13.3 Å². The van der Waals surface area contributed by atoms with Crippen LogP contribution in [0, 0.1) is 0 Å². The zero-order chi connectivity index (χ0) is 6.41. The van der Waals surface area contributed by atoms with Gasteiger partial charge >= 0.3 is 0 Å². The van der Waals surface area contributed by atoms with E-state index in [0.29, 0.717) is 12.7 Å². The average Bonchev–Trinajstić information content (AvgIpc) is 1.66. The van der Waals surface area contributed by atoms with Crippen molar-refractivity contribution in [2.75, 3.05) is 0 Å². The van der Waals surface area contributed by atoms with Gasteiger partial charge in [-0.3, -0.25) is 4.79 Å². The number of aldehydes is 1. The number of hydrogen-bond donors (Lipinski definition) is 1. The van der Waals surface area contributed by atoms with Crippen LogP contribution < -0.4 is 0 Å². The Morgan fingerprint density at radius 2 is 2.38 bits per heavy atom. The van der Waals surface area contributed by atoms with E-state index < -0.39 is 0 Å². The number of aliphatic hydroxyl groups excluding tert-OH is 1. The molecule has 0 aliphatic heterocycles. The first kappa shape index (κ1) is 7.37. The minimum absolute atomic E-state index is 0.341. The maximum absolute atomic E-state index is 9.62. The van der Waals surface area contributed by atoms with Gasteiger partial charge < -0.3 is 5.11 Å². The zero-order valence-corrected chi connectivity index (χ0v) is 4.87. The molecule has 0 aromatic heterocycles. The van der Waals surface area contributed by atoms with E-state index in [2.05, 4.69) is 0 Å². The van der Waals surface area contributed by atoms with Crippen molar-refractivity contribution >= 4 is 6.29 Å². The van der Waals surface area contributed by atoms with E-state index >= 15 is 0 Å². The minimum atomic E-state index is -0.341. The number of carbonyl (C=O) groups is 1. The van der Waals surface area contributed by atoms with Gasteiger partial charge in [-0.15, -0.1) is 0 Å². The van der Waals surface area contributed by atoms with E-state index in [1.54, 1.807) is 13.0 Å². The van der Waals surface area contributed by atoms with Crippen LogP contribution in [-0.2, 0) is 4.79 Å². The maximum Gasteiger partial charge on any atom is 0.142 e. The Labute approximate surface area is 48.8 Å². The molecule has 0 bridgehead atoms. The smallest absolute Gasteiger partial charge is 0.142 e. The standard InChI is InChI=1S/C6H10O2/c1-6(8)4-2-3-5-7/h2-3,5-6,8H,4H2,1H3/b3-2+/t6-/m1/s1. The SMILES string of the molecule is C[C@@H](O)C/C=C/C=O. The van der Waals surface area contributed by atoms with Crippen LogP contribution in [0.4, 0.5) is 0 Å². The van der Waals surface area contributed by atoms with Crippen LogP contribution in [0.3, 0.4) is 0 Å². The molecule has 0 amide bonds.